The number of benzene rings is 3. The van der Waals surface area contributed by atoms with E-state index >= 15 is 0 Å². The molecule has 4 nitrogen and oxygen atoms in total. The molecule has 1 atom stereocenters. The van der Waals surface area contributed by atoms with E-state index in [0.29, 0.717) is 30.0 Å². The molecule has 1 N–H and O–H groups in total. The number of halogens is 1. The molecule has 0 fully saturated rings. The van der Waals surface area contributed by atoms with Gasteiger partial charge in [0.25, 0.3) is 0 Å². The monoisotopic (exact) mass is 416 g/mol. The summed E-state index contributed by atoms with van der Waals surface area (Å²) in [5, 5.41) is 18.9. The molecule has 1 heterocycles. The summed E-state index contributed by atoms with van der Waals surface area (Å²) < 4.78 is 0. The Balaban J connectivity index is 1.64. The molecule has 30 heavy (non-hydrogen) atoms. The van der Waals surface area contributed by atoms with E-state index in [1.807, 2.05) is 54.6 Å². The summed E-state index contributed by atoms with van der Waals surface area (Å²) in [4.78, 5) is 15.2. The van der Waals surface area contributed by atoms with E-state index in [0.717, 1.165) is 27.9 Å². The van der Waals surface area contributed by atoms with Crippen molar-refractivity contribution in [3.8, 4) is 6.07 Å². The van der Waals surface area contributed by atoms with Crippen LogP contribution in [0.25, 0.3) is 0 Å². The minimum absolute atomic E-state index is 0.00396. The molecule has 1 aliphatic rings. The molecule has 5 heteroatoms. The van der Waals surface area contributed by atoms with Gasteiger partial charge in [-0.3, -0.25) is 4.79 Å². The highest BCUT2D eigenvalue weighted by atomic mass is 35.5. The van der Waals surface area contributed by atoms with Gasteiger partial charge in [0.15, 0.2) is 0 Å². The first kappa shape index (κ1) is 20.2. The van der Waals surface area contributed by atoms with Crippen LogP contribution >= 0.6 is 11.6 Å². The van der Waals surface area contributed by atoms with E-state index in [4.69, 9.17) is 16.9 Å². The average Bonchev–Trinajstić information content (AvgIpc) is 2.78. The molecule has 0 radical (unpaired) electrons. The van der Waals surface area contributed by atoms with Crippen LogP contribution in [-0.2, 0) is 30.8 Å². The number of carbonyl (C=O) groups excluding carboxylic acids is 1. The molecule has 3 aromatic rings. The molecule has 3 aromatic carbocycles. The Morgan fingerprint density at radius 1 is 1.00 bits per heavy atom. The number of hydrogen-bond acceptors (Lipinski definition) is 3. The number of nitrogens with zero attached hydrogens (tertiary/aromatic N) is 2. The van der Waals surface area contributed by atoms with E-state index in [1.165, 1.54) is 0 Å². The molecule has 0 spiro atoms. The van der Waals surface area contributed by atoms with Crippen LogP contribution in [0.1, 0.15) is 27.8 Å². The minimum atomic E-state index is -0.212. The number of fused-ring (bicyclic) bond motifs is 1. The van der Waals surface area contributed by atoms with Gasteiger partial charge in [0.1, 0.15) is 0 Å². The van der Waals surface area contributed by atoms with E-state index in [1.54, 1.807) is 17.0 Å². The predicted molar refractivity (Wildman–Crippen MR) is 117 cm³/mol. The Labute approximate surface area is 181 Å². The van der Waals surface area contributed by atoms with E-state index < -0.39 is 0 Å². The lowest BCUT2D eigenvalue weighted by atomic mass is 9.86. The number of amides is 1. The summed E-state index contributed by atoms with van der Waals surface area (Å²) in [5.74, 6) is -0.142. The fourth-order valence-corrected chi connectivity index (χ4v) is 4.18. The zero-order valence-corrected chi connectivity index (χ0v) is 17.1. The third-order valence-corrected chi connectivity index (χ3v) is 5.92. The van der Waals surface area contributed by atoms with Crippen LogP contribution in [0.4, 0.5) is 5.69 Å². The molecule has 4 rings (SSSR count). The largest absolute Gasteiger partial charge is 0.392 e. The van der Waals surface area contributed by atoms with Gasteiger partial charge < -0.3 is 10.0 Å². The zero-order valence-electron chi connectivity index (χ0n) is 16.4. The smallest absolute Gasteiger partial charge is 0.231 e. The van der Waals surface area contributed by atoms with Crippen molar-refractivity contribution in [1.82, 2.24) is 0 Å². The summed E-state index contributed by atoms with van der Waals surface area (Å²) in [6, 6.07) is 22.8. The van der Waals surface area contributed by atoms with Gasteiger partial charge in [-0.25, -0.2) is 0 Å². The summed E-state index contributed by atoms with van der Waals surface area (Å²) in [7, 11) is 0. The Morgan fingerprint density at radius 3 is 2.33 bits per heavy atom. The van der Waals surface area contributed by atoms with Gasteiger partial charge in [-0.15, -0.1) is 0 Å². The summed E-state index contributed by atoms with van der Waals surface area (Å²) in [6.07, 6.45) is 1.21. The Kier molecular flexibility index (Phi) is 5.85. The molecule has 1 amide bonds. The second kappa shape index (κ2) is 8.71. The highest BCUT2D eigenvalue weighted by Gasteiger charge is 2.34. The second-order valence-electron chi connectivity index (χ2n) is 7.55. The number of carbonyl (C=O) groups is 1. The van der Waals surface area contributed by atoms with Gasteiger partial charge in [0, 0.05) is 16.6 Å². The third kappa shape index (κ3) is 4.09. The van der Waals surface area contributed by atoms with Crippen molar-refractivity contribution in [3.63, 3.8) is 0 Å². The third-order valence-electron chi connectivity index (χ3n) is 5.56. The molecule has 0 aliphatic carbocycles. The first-order valence-corrected chi connectivity index (χ1v) is 10.2. The van der Waals surface area contributed by atoms with Gasteiger partial charge in [0.05, 0.1) is 24.8 Å². The SMILES string of the molecule is N#Cc1ccc(CN2C(=O)C(Cc3ccc(CO)cc3)Cc3c(Cl)cccc32)cc1. The highest BCUT2D eigenvalue weighted by Crippen LogP contribution is 2.37. The summed E-state index contributed by atoms with van der Waals surface area (Å²) >= 11 is 6.50. The number of hydrogen-bond donors (Lipinski definition) is 1. The zero-order chi connectivity index (χ0) is 21.1. The van der Waals surface area contributed by atoms with Crippen molar-refractivity contribution in [1.29, 1.82) is 5.26 Å². The first-order chi connectivity index (χ1) is 14.6. The standard InChI is InChI=1S/C25H21ClN2O2/c26-23-2-1-3-24-22(23)13-21(12-17-4-10-20(16-29)11-5-17)25(30)28(24)15-19-8-6-18(14-27)7-9-19/h1-11,21,29H,12-13,15-16H2. The maximum Gasteiger partial charge on any atom is 0.231 e. The first-order valence-electron chi connectivity index (χ1n) is 9.85. The van der Waals surface area contributed by atoms with Crippen LogP contribution in [0.5, 0.6) is 0 Å². The van der Waals surface area contributed by atoms with Crippen LogP contribution in [-0.4, -0.2) is 11.0 Å². The molecular formula is C25H21ClN2O2. The molecule has 150 valence electrons. The maximum absolute atomic E-state index is 13.4. The van der Waals surface area contributed by atoms with Crippen LogP contribution in [0.15, 0.2) is 66.7 Å². The highest BCUT2D eigenvalue weighted by molar-refractivity contribution is 6.32. The van der Waals surface area contributed by atoms with Crippen molar-refractivity contribution in [2.45, 2.75) is 26.0 Å². The van der Waals surface area contributed by atoms with E-state index in [-0.39, 0.29) is 18.4 Å². The Morgan fingerprint density at radius 2 is 1.67 bits per heavy atom. The Hall–Kier alpha value is -3.13. The molecule has 0 aromatic heterocycles. The fraction of sp³-hybridized carbons (Fsp3) is 0.200. The van der Waals surface area contributed by atoms with E-state index in [9.17, 15) is 9.90 Å². The normalized spacial score (nSPS) is 15.6. The Bertz CT molecular complexity index is 1100. The molecule has 0 saturated heterocycles. The molecule has 0 bridgehead atoms. The van der Waals surface area contributed by atoms with Crippen LogP contribution in [0.3, 0.4) is 0 Å². The van der Waals surface area contributed by atoms with Crippen molar-refractivity contribution < 1.29 is 9.90 Å². The molecule has 1 aliphatic heterocycles. The van der Waals surface area contributed by atoms with E-state index in [2.05, 4.69) is 6.07 Å². The summed E-state index contributed by atoms with van der Waals surface area (Å²) in [5.41, 5.74) is 5.30. The maximum atomic E-state index is 13.4. The van der Waals surface area contributed by atoms with Crippen molar-refractivity contribution in [2.75, 3.05) is 4.90 Å². The second-order valence-corrected chi connectivity index (χ2v) is 7.96. The summed E-state index contributed by atoms with van der Waals surface area (Å²) in [6.45, 7) is 0.432. The number of nitriles is 1. The quantitative estimate of drug-likeness (QED) is 0.658. The predicted octanol–water partition coefficient (Wildman–Crippen LogP) is 4.65. The van der Waals surface area contributed by atoms with Crippen molar-refractivity contribution in [3.05, 3.63) is 99.6 Å². The molecule has 1 unspecified atom stereocenters. The van der Waals surface area contributed by atoms with Gasteiger partial charge >= 0.3 is 0 Å². The number of aliphatic hydroxyl groups excluding tert-OH is 1. The lowest BCUT2D eigenvalue weighted by Crippen LogP contribution is -2.41. The lowest BCUT2D eigenvalue weighted by molar-refractivity contribution is -0.122. The number of rotatable bonds is 5. The number of aliphatic hydroxyl groups is 1. The van der Waals surface area contributed by atoms with Gasteiger partial charge in [-0.1, -0.05) is 54.1 Å². The molecule has 0 saturated carbocycles. The van der Waals surface area contributed by atoms with Crippen LogP contribution in [0.2, 0.25) is 5.02 Å². The van der Waals surface area contributed by atoms with Gasteiger partial charge in [0.2, 0.25) is 5.91 Å². The lowest BCUT2D eigenvalue weighted by Gasteiger charge is -2.35. The fourth-order valence-electron chi connectivity index (χ4n) is 3.93. The van der Waals surface area contributed by atoms with Crippen molar-refractivity contribution >= 4 is 23.2 Å². The van der Waals surface area contributed by atoms with Crippen molar-refractivity contribution in [2.24, 2.45) is 5.92 Å². The number of anilines is 1. The van der Waals surface area contributed by atoms with Crippen LogP contribution < -0.4 is 4.90 Å². The average molecular weight is 417 g/mol. The molecular weight excluding hydrogens is 396 g/mol. The van der Waals surface area contributed by atoms with Gasteiger partial charge in [-0.05, 0) is 59.4 Å². The van der Waals surface area contributed by atoms with Crippen LogP contribution in [0, 0.1) is 17.2 Å². The topological polar surface area (TPSA) is 64.3 Å². The van der Waals surface area contributed by atoms with Gasteiger partial charge in [-0.2, -0.15) is 5.26 Å². The minimum Gasteiger partial charge on any atom is -0.392 e.